The first-order chi connectivity index (χ1) is 13.4. The molecule has 148 valence electrons. The largest absolute Gasteiger partial charge is 0.465 e. The highest BCUT2D eigenvalue weighted by atomic mass is 32.2. The van der Waals surface area contributed by atoms with Gasteiger partial charge in [0.1, 0.15) is 0 Å². The fraction of sp³-hybridized carbons (Fsp3) is 0.263. The summed E-state index contributed by atoms with van der Waals surface area (Å²) in [6.45, 7) is 1.34. The Bertz CT molecular complexity index is 966. The number of benzene rings is 2. The first-order valence-corrected chi connectivity index (χ1v) is 10.0. The maximum atomic E-state index is 12.6. The highest BCUT2D eigenvalue weighted by Gasteiger charge is 2.26. The molecular formula is C19H20N2O6S. The summed E-state index contributed by atoms with van der Waals surface area (Å²) in [6.07, 6.45) is 0. The van der Waals surface area contributed by atoms with Crippen LogP contribution in [0.25, 0.3) is 0 Å². The Hall–Kier alpha value is -2.75. The summed E-state index contributed by atoms with van der Waals surface area (Å²) in [5, 5.41) is 2.68. The molecule has 9 heteroatoms. The van der Waals surface area contributed by atoms with Crippen molar-refractivity contribution in [2.75, 3.05) is 38.7 Å². The van der Waals surface area contributed by atoms with Gasteiger partial charge in [0.25, 0.3) is 5.91 Å². The molecule has 2 aromatic rings. The Balaban J connectivity index is 1.73. The SMILES string of the molecule is COC(=O)c1cccc(NC(=O)c2ccc(S(=O)(=O)N3CCOCC3)cc2)c1. The molecule has 3 rings (SSSR count). The number of rotatable bonds is 5. The second-order valence-electron chi connectivity index (χ2n) is 6.07. The van der Waals surface area contributed by atoms with Gasteiger partial charge in [0.15, 0.2) is 0 Å². The Morgan fingerprint density at radius 1 is 1.04 bits per heavy atom. The maximum absolute atomic E-state index is 12.6. The Morgan fingerprint density at radius 2 is 1.71 bits per heavy atom. The minimum Gasteiger partial charge on any atom is -0.465 e. The molecule has 0 atom stereocenters. The molecule has 0 unspecified atom stereocenters. The van der Waals surface area contributed by atoms with Gasteiger partial charge in [-0.25, -0.2) is 13.2 Å². The van der Waals surface area contributed by atoms with E-state index >= 15 is 0 Å². The lowest BCUT2D eigenvalue weighted by molar-refractivity contribution is 0.0600. The van der Waals surface area contributed by atoms with Crippen LogP contribution in [0.5, 0.6) is 0 Å². The minimum absolute atomic E-state index is 0.124. The van der Waals surface area contributed by atoms with Crippen molar-refractivity contribution in [3.8, 4) is 0 Å². The molecule has 2 aromatic carbocycles. The zero-order valence-electron chi connectivity index (χ0n) is 15.3. The first kappa shape index (κ1) is 20.0. The average molecular weight is 404 g/mol. The van der Waals surface area contributed by atoms with Crippen LogP contribution in [0, 0.1) is 0 Å². The number of amides is 1. The van der Waals surface area contributed by atoms with Crippen LogP contribution >= 0.6 is 0 Å². The van der Waals surface area contributed by atoms with Gasteiger partial charge in [0, 0.05) is 24.3 Å². The number of sulfonamides is 1. The maximum Gasteiger partial charge on any atom is 0.337 e. The van der Waals surface area contributed by atoms with Gasteiger partial charge < -0.3 is 14.8 Å². The Kier molecular flexibility index (Phi) is 6.08. The summed E-state index contributed by atoms with van der Waals surface area (Å²) in [4.78, 5) is 24.1. The topological polar surface area (TPSA) is 102 Å². The number of methoxy groups -OCH3 is 1. The van der Waals surface area contributed by atoms with Gasteiger partial charge in [-0.3, -0.25) is 4.79 Å². The van der Waals surface area contributed by atoms with Crippen molar-refractivity contribution in [2.45, 2.75) is 4.90 Å². The van der Waals surface area contributed by atoms with Gasteiger partial charge in [-0.2, -0.15) is 4.31 Å². The molecule has 1 aliphatic rings. The zero-order valence-corrected chi connectivity index (χ0v) is 16.1. The molecule has 0 spiro atoms. The van der Waals surface area contributed by atoms with Crippen LogP contribution in [-0.4, -0.2) is 58.0 Å². The molecular weight excluding hydrogens is 384 g/mol. The zero-order chi connectivity index (χ0) is 20.1. The van der Waals surface area contributed by atoms with Gasteiger partial charge >= 0.3 is 5.97 Å². The Labute approximate surface area is 163 Å². The van der Waals surface area contributed by atoms with Crippen molar-refractivity contribution in [1.29, 1.82) is 0 Å². The minimum atomic E-state index is -3.61. The summed E-state index contributed by atoms with van der Waals surface area (Å²) in [5.74, 6) is -0.925. The second-order valence-corrected chi connectivity index (χ2v) is 8.01. The van der Waals surface area contributed by atoms with E-state index in [-0.39, 0.29) is 4.90 Å². The van der Waals surface area contributed by atoms with Crippen LogP contribution in [0.3, 0.4) is 0 Å². The van der Waals surface area contributed by atoms with Crippen molar-refractivity contribution in [2.24, 2.45) is 0 Å². The molecule has 1 saturated heterocycles. The number of anilines is 1. The van der Waals surface area contributed by atoms with E-state index in [9.17, 15) is 18.0 Å². The predicted molar refractivity (Wildman–Crippen MR) is 102 cm³/mol. The Morgan fingerprint density at radius 3 is 2.36 bits per heavy atom. The first-order valence-electron chi connectivity index (χ1n) is 8.59. The molecule has 0 radical (unpaired) electrons. The fourth-order valence-electron chi connectivity index (χ4n) is 2.76. The molecule has 0 aliphatic carbocycles. The summed E-state index contributed by atoms with van der Waals surface area (Å²) in [7, 11) is -2.33. The van der Waals surface area contributed by atoms with Crippen molar-refractivity contribution >= 4 is 27.6 Å². The van der Waals surface area contributed by atoms with E-state index in [1.54, 1.807) is 18.2 Å². The molecule has 1 aliphatic heterocycles. The average Bonchev–Trinajstić information content (AvgIpc) is 2.74. The molecule has 8 nitrogen and oxygen atoms in total. The van der Waals surface area contributed by atoms with Crippen molar-refractivity contribution < 1.29 is 27.5 Å². The monoisotopic (exact) mass is 404 g/mol. The number of morpholine rings is 1. The number of hydrogen-bond donors (Lipinski definition) is 1. The molecule has 0 bridgehead atoms. The lowest BCUT2D eigenvalue weighted by Gasteiger charge is -2.26. The molecule has 1 N–H and O–H groups in total. The van der Waals surface area contributed by atoms with E-state index in [0.717, 1.165) is 0 Å². The van der Waals surface area contributed by atoms with Gasteiger partial charge in [-0.05, 0) is 42.5 Å². The lowest BCUT2D eigenvalue weighted by atomic mass is 10.1. The van der Waals surface area contributed by atoms with Crippen LogP contribution in [-0.2, 0) is 19.5 Å². The van der Waals surface area contributed by atoms with Crippen LogP contribution in [0.1, 0.15) is 20.7 Å². The van der Waals surface area contributed by atoms with Gasteiger partial charge in [-0.15, -0.1) is 0 Å². The third-order valence-corrected chi connectivity index (χ3v) is 6.18. The van der Waals surface area contributed by atoms with E-state index in [1.165, 1.54) is 41.7 Å². The number of carbonyl (C=O) groups excluding carboxylic acids is 2. The number of ether oxygens (including phenoxy) is 2. The van der Waals surface area contributed by atoms with E-state index in [4.69, 9.17) is 4.74 Å². The van der Waals surface area contributed by atoms with E-state index in [2.05, 4.69) is 10.1 Å². The molecule has 28 heavy (non-hydrogen) atoms. The number of esters is 1. The van der Waals surface area contributed by atoms with Gasteiger partial charge in [0.05, 0.1) is 30.8 Å². The normalized spacial score (nSPS) is 15.0. The number of nitrogens with one attached hydrogen (secondary N) is 1. The smallest absolute Gasteiger partial charge is 0.337 e. The highest BCUT2D eigenvalue weighted by Crippen LogP contribution is 2.19. The van der Waals surface area contributed by atoms with Crippen molar-refractivity contribution in [3.05, 3.63) is 59.7 Å². The van der Waals surface area contributed by atoms with Crippen LogP contribution in [0.15, 0.2) is 53.4 Å². The summed E-state index contributed by atoms with van der Waals surface area (Å²) in [5.41, 5.74) is 1.04. The number of carbonyl (C=O) groups is 2. The number of nitrogens with zero attached hydrogens (tertiary/aromatic N) is 1. The second kappa shape index (κ2) is 8.51. The molecule has 1 fully saturated rings. The molecule has 0 saturated carbocycles. The number of hydrogen-bond acceptors (Lipinski definition) is 6. The highest BCUT2D eigenvalue weighted by molar-refractivity contribution is 7.89. The van der Waals surface area contributed by atoms with E-state index in [1.807, 2.05) is 0 Å². The van der Waals surface area contributed by atoms with Crippen LogP contribution in [0.2, 0.25) is 0 Å². The van der Waals surface area contributed by atoms with Gasteiger partial charge in [-0.1, -0.05) is 6.07 Å². The molecule has 0 aromatic heterocycles. The quantitative estimate of drug-likeness (QED) is 0.762. The summed E-state index contributed by atoms with van der Waals surface area (Å²) in [6, 6.07) is 12.1. The predicted octanol–water partition coefficient (Wildman–Crippen LogP) is 1.75. The fourth-order valence-corrected chi connectivity index (χ4v) is 4.17. The lowest BCUT2D eigenvalue weighted by Crippen LogP contribution is -2.40. The van der Waals surface area contributed by atoms with E-state index < -0.39 is 21.9 Å². The van der Waals surface area contributed by atoms with Gasteiger partial charge in [0.2, 0.25) is 10.0 Å². The molecule has 1 heterocycles. The summed E-state index contributed by atoms with van der Waals surface area (Å²) < 4.78 is 36.4. The summed E-state index contributed by atoms with van der Waals surface area (Å²) >= 11 is 0. The van der Waals surface area contributed by atoms with Crippen molar-refractivity contribution in [3.63, 3.8) is 0 Å². The molecule has 1 amide bonds. The van der Waals surface area contributed by atoms with E-state index in [0.29, 0.717) is 43.1 Å². The third-order valence-electron chi connectivity index (χ3n) is 4.27. The standard InChI is InChI=1S/C19H20N2O6S/c1-26-19(23)15-3-2-4-16(13-15)20-18(22)14-5-7-17(8-6-14)28(24,25)21-9-11-27-12-10-21/h2-8,13H,9-12H2,1H3,(H,20,22). The van der Waals surface area contributed by atoms with Crippen molar-refractivity contribution in [1.82, 2.24) is 4.31 Å². The van der Waals surface area contributed by atoms with Crippen LogP contribution in [0.4, 0.5) is 5.69 Å². The third kappa shape index (κ3) is 4.38. The van der Waals surface area contributed by atoms with Crippen LogP contribution < -0.4 is 5.32 Å².